The lowest BCUT2D eigenvalue weighted by Gasteiger charge is -2.23. The molecule has 0 radical (unpaired) electrons. The van der Waals surface area contributed by atoms with Crippen LogP contribution in [-0.4, -0.2) is 35.8 Å². The normalized spacial score (nSPS) is 12.7. The minimum atomic E-state index is 0.181. The molecule has 0 saturated carbocycles. The summed E-state index contributed by atoms with van der Waals surface area (Å²) in [7, 11) is 0. The Morgan fingerprint density at radius 2 is 1.90 bits per heavy atom. The van der Waals surface area contributed by atoms with Crippen LogP contribution >= 0.6 is 11.6 Å². The number of aromatic nitrogens is 2. The number of rotatable bonds is 9. The molecule has 1 unspecified atom stereocenters. The molecule has 1 N–H and O–H groups in total. The van der Waals surface area contributed by atoms with Gasteiger partial charge in [-0.3, -0.25) is 0 Å². The summed E-state index contributed by atoms with van der Waals surface area (Å²) in [5.41, 5.74) is 0. The van der Waals surface area contributed by atoms with Crippen LogP contribution in [-0.2, 0) is 16.1 Å². The molecule has 6 heteroatoms. The molecule has 1 heterocycles. The maximum Gasteiger partial charge on any atom is 0.158 e. The second-order valence-corrected chi connectivity index (χ2v) is 5.17. The van der Waals surface area contributed by atoms with Crippen LogP contribution < -0.4 is 5.32 Å². The molecule has 0 amide bonds. The molecule has 5 nitrogen and oxygen atoms in total. The van der Waals surface area contributed by atoms with Gasteiger partial charge >= 0.3 is 0 Å². The number of nitrogens with one attached hydrogen (secondary N) is 1. The number of nitrogens with zero attached hydrogens (tertiary/aromatic N) is 2. The van der Waals surface area contributed by atoms with E-state index in [2.05, 4.69) is 29.1 Å². The summed E-state index contributed by atoms with van der Waals surface area (Å²) in [6, 6.07) is 1.90. The summed E-state index contributed by atoms with van der Waals surface area (Å²) in [5.74, 6) is 1.71. The highest BCUT2D eigenvalue weighted by Crippen LogP contribution is 2.16. The van der Waals surface area contributed by atoms with Gasteiger partial charge in [0.1, 0.15) is 17.6 Å². The van der Waals surface area contributed by atoms with E-state index in [0.29, 0.717) is 49.1 Å². The molecular formula is C14H24ClN3O2. The van der Waals surface area contributed by atoms with Gasteiger partial charge in [-0.15, -0.1) is 0 Å². The fourth-order valence-corrected chi connectivity index (χ4v) is 1.83. The molecule has 0 saturated heterocycles. The van der Waals surface area contributed by atoms with E-state index in [4.69, 9.17) is 21.1 Å². The quantitative estimate of drug-likeness (QED) is 0.710. The van der Waals surface area contributed by atoms with E-state index in [1.807, 2.05) is 13.8 Å². The molecule has 1 rings (SSSR count). The summed E-state index contributed by atoms with van der Waals surface area (Å²) >= 11 is 6.02. The van der Waals surface area contributed by atoms with Gasteiger partial charge in [-0.05, 0) is 19.8 Å². The van der Waals surface area contributed by atoms with Crippen LogP contribution in [0.5, 0.6) is 0 Å². The zero-order valence-corrected chi connectivity index (χ0v) is 13.4. The van der Waals surface area contributed by atoms with Crippen molar-refractivity contribution >= 4 is 17.4 Å². The van der Waals surface area contributed by atoms with E-state index in [-0.39, 0.29) is 6.04 Å². The van der Waals surface area contributed by atoms with Crippen LogP contribution in [0.3, 0.4) is 0 Å². The van der Waals surface area contributed by atoms with Crippen LogP contribution in [0.2, 0.25) is 5.15 Å². The van der Waals surface area contributed by atoms with Crippen molar-refractivity contribution in [1.82, 2.24) is 9.97 Å². The van der Waals surface area contributed by atoms with Crippen molar-refractivity contribution in [2.75, 3.05) is 25.1 Å². The Balaban J connectivity index is 2.75. The number of anilines is 1. The third-order valence-electron chi connectivity index (χ3n) is 2.82. The van der Waals surface area contributed by atoms with Gasteiger partial charge in [-0.25, -0.2) is 9.97 Å². The van der Waals surface area contributed by atoms with Crippen LogP contribution in [0.1, 0.15) is 33.5 Å². The Morgan fingerprint density at radius 1 is 1.20 bits per heavy atom. The van der Waals surface area contributed by atoms with Crippen LogP contribution in [0.25, 0.3) is 0 Å². The number of ether oxygens (including phenoxy) is 2. The molecule has 0 fully saturated rings. The average Bonchev–Trinajstić information content (AvgIpc) is 2.40. The molecule has 0 spiro atoms. The molecule has 1 atom stereocenters. The second-order valence-electron chi connectivity index (χ2n) is 4.78. The zero-order chi connectivity index (χ0) is 15.0. The molecule has 1 aromatic heterocycles. The van der Waals surface area contributed by atoms with Crippen molar-refractivity contribution in [1.29, 1.82) is 0 Å². The van der Waals surface area contributed by atoms with Crippen molar-refractivity contribution in [3.63, 3.8) is 0 Å². The Labute approximate surface area is 126 Å². The average molecular weight is 302 g/mol. The smallest absolute Gasteiger partial charge is 0.158 e. The molecule has 0 aliphatic carbocycles. The van der Waals surface area contributed by atoms with Crippen LogP contribution in [0.15, 0.2) is 6.07 Å². The van der Waals surface area contributed by atoms with E-state index in [1.165, 1.54) is 0 Å². The lowest BCUT2D eigenvalue weighted by Crippen LogP contribution is -2.31. The van der Waals surface area contributed by atoms with Crippen LogP contribution in [0, 0.1) is 5.92 Å². The SMILES string of the molecule is CCOCc1nc(Cl)cc(NC(COCC)C(C)C)n1. The maximum absolute atomic E-state index is 6.02. The molecule has 20 heavy (non-hydrogen) atoms. The molecule has 1 aromatic rings. The molecule has 0 aliphatic heterocycles. The Morgan fingerprint density at radius 3 is 2.50 bits per heavy atom. The van der Waals surface area contributed by atoms with E-state index in [9.17, 15) is 0 Å². The van der Waals surface area contributed by atoms with Crippen LogP contribution in [0.4, 0.5) is 5.82 Å². The summed E-state index contributed by atoms with van der Waals surface area (Å²) < 4.78 is 10.8. The van der Waals surface area contributed by atoms with Crippen molar-refractivity contribution in [3.05, 3.63) is 17.0 Å². The van der Waals surface area contributed by atoms with Crippen molar-refractivity contribution < 1.29 is 9.47 Å². The summed E-state index contributed by atoms with van der Waals surface area (Å²) in [4.78, 5) is 8.56. The third kappa shape index (κ3) is 6.03. The Kier molecular flexibility index (Phi) is 7.80. The molecular weight excluding hydrogens is 278 g/mol. The lowest BCUT2D eigenvalue weighted by molar-refractivity contribution is 0.126. The van der Waals surface area contributed by atoms with Gasteiger partial charge < -0.3 is 14.8 Å². The first kappa shape index (κ1) is 17.1. The summed E-state index contributed by atoms with van der Waals surface area (Å²) in [5, 5.41) is 3.77. The first-order valence-electron chi connectivity index (χ1n) is 7.02. The first-order valence-corrected chi connectivity index (χ1v) is 7.40. The molecule has 0 aliphatic rings. The summed E-state index contributed by atoms with van der Waals surface area (Å²) in [6.07, 6.45) is 0. The van der Waals surface area contributed by atoms with E-state index >= 15 is 0 Å². The second kappa shape index (κ2) is 9.10. The Hall–Kier alpha value is -0.910. The number of halogens is 1. The minimum absolute atomic E-state index is 0.181. The lowest BCUT2D eigenvalue weighted by atomic mass is 10.1. The minimum Gasteiger partial charge on any atom is -0.380 e. The standard InChI is InChI=1S/C14H24ClN3O2/c1-5-19-8-11(10(3)4)16-13-7-12(15)17-14(18-13)9-20-6-2/h7,10-11H,5-6,8-9H2,1-4H3,(H,16,17,18). The van der Waals surface area contributed by atoms with Gasteiger partial charge in [0.25, 0.3) is 0 Å². The first-order chi connectivity index (χ1) is 9.56. The van der Waals surface area contributed by atoms with Gasteiger partial charge in [0, 0.05) is 19.3 Å². The highest BCUT2D eigenvalue weighted by atomic mass is 35.5. The van der Waals surface area contributed by atoms with Gasteiger partial charge in [-0.2, -0.15) is 0 Å². The molecule has 114 valence electrons. The van der Waals surface area contributed by atoms with Gasteiger partial charge in [0.05, 0.1) is 12.6 Å². The summed E-state index contributed by atoms with van der Waals surface area (Å²) in [6.45, 7) is 10.5. The van der Waals surface area contributed by atoms with Gasteiger partial charge in [0.2, 0.25) is 0 Å². The number of hydrogen-bond donors (Lipinski definition) is 1. The highest BCUT2D eigenvalue weighted by Gasteiger charge is 2.15. The monoisotopic (exact) mass is 301 g/mol. The maximum atomic E-state index is 6.02. The van der Waals surface area contributed by atoms with Crippen molar-refractivity contribution in [3.8, 4) is 0 Å². The highest BCUT2D eigenvalue weighted by molar-refractivity contribution is 6.29. The van der Waals surface area contributed by atoms with Crippen molar-refractivity contribution in [2.45, 2.75) is 40.3 Å². The fraction of sp³-hybridized carbons (Fsp3) is 0.714. The van der Waals surface area contributed by atoms with Gasteiger partial charge in [-0.1, -0.05) is 25.4 Å². The number of hydrogen-bond acceptors (Lipinski definition) is 5. The largest absolute Gasteiger partial charge is 0.380 e. The molecule has 0 bridgehead atoms. The third-order valence-corrected chi connectivity index (χ3v) is 3.01. The zero-order valence-electron chi connectivity index (χ0n) is 12.6. The molecule has 0 aromatic carbocycles. The van der Waals surface area contributed by atoms with E-state index < -0.39 is 0 Å². The predicted octanol–water partition coefficient (Wildman–Crippen LogP) is 3.14. The predicted molar refractivity (Wildman–Crippen MR) is 81.1 cm³/mol. The Bertz CT molecular complexity index is 402. The van der Waals surface area contributed by atoms with E-state index in [1.54, 1.807) is 6.07 Å². The topological polar surface area (TPSA) is 56.3 Å². The fourth-order valence-electron chi connectivity index (χ4n) is 1.63. The van der Waals surface area contributed by atoms with Crippen molar-refractivity contribution in [2.24, 2.45) is 5.92 Å². The van der Waals surface area contributed by atoms with Gasteiger partial charge in [0.15, 0.2) is 5.82 Å². The van der Waals surface area contributed by atoms with E-state index in [0.717, 1.165) is 0 Å².